The van der Waals surface area contributed by atoms with Gasteiger partial charge in [-0.25, -0.2) is 0 Å². The molecule has 0 radical (unpaired) electrons. The van der Waals surface area contributed by atoms with Crippen molar-refractivity contribution in [3.8, 4) is 5.75 Å². The van der Waals surface area contributed by atoms with Crippen LogP contribution in [0.3, 0.4) is 0 Å². The van der Waals surface area contributed by atoms with Crippen LogP contribution < -0.4 is 4.74 Å². The molecular formula is C17H23NO. The first-order valence-corrected chi connectivity index (χ1v) is 7.10. The van der Waals surface area contributed by atoms with Gasteiger partial charge in [0.1, 0.15) is 12.4 Å². The molecule has 0 atom stereocenters. The lowest BCUT2D eigenvalue weighted by atomic mass is 10.1. The van der Waals surface area contributed by atoms with Crippen molar-refractivity contribution in [2.24, 2.45) is 0 Å². The Morgan fingerprint density at radius 2 is 1.79 bits per heavy atom. The molecule has 0 saturated heterocycles. The quantitative estimate of drug-likeness (QED) is 0.744. The van der Waals surface area contributed by atoms with Crippen LogP contribution in [0, 0.1) is 0 Å². The topological polar surface area (TPSA) is 12.5 Å². The summed E-state index contributed by atoms with van der Waals surface area (Å²) in [5.74, 6) is 0.988. The average Bonchev–Trinajstić information content (AvgIpc) is 2.45. The lowest BCUT2D eigenvalue weighted by Crippen LogP contribution is -2.25. The molecule has 0 aliphatic heterocycles. The monoisotopic (exact) mass is 257 g/mol. The first kappa shape index (κ1) is 13.9. The van der Waals surface area contributed by atoms with E-state index in [0.29, 0.717) is 0 Å². The van der Waals surface area contributed by atoms with Crippen molar-refractivity contribution >= 4 is 10.8 Å². The predicted octanol–water partition coefficient (Wildman–Crippen LogP) is 3.95. The third-order valence-electron chi connectivity index (χ3n) is 3.37. The normalized spacial score (nSPS) is 11.1. The minimum atomic E-state index is 0.744. The molecule has 0 saturated carbocycles. The van der Waals surface area contributed by atoms with E-state index in [1.54, 1.807) is 0 Å². The van der Waals surface area contributed by atoms with Gasteiger partial charge < -0.3 is 9.64 Å². The second kappa shape index (κ2) is 7.15. The van der Waals surface area contributed by atoms with Gasteiger partial charge in [-0.2, -0.15) is 0 Å². The van der Waals surface area contributed by atoms with Crippen LogP contribution in [0.4, 0.5) is 0 Å². The summed E-state index contributed by atoms with van der Waals surface area (Å²) in [6.45, 7) is 5.09. The van der Waals surface area contributed by atoms with E-state index in [9.17, 15) is 0 Å². The maximum atomic E-state index is 5.93. The third kappa shape index (κ3) is 3.97. The maximum absolute atomic E-state index is 5.93. The maximum Gasteiger partial charge on any atom is 0.127 e. The highest BCUT2D eigenvalue weighted by Gasteiger charge is 2.02. The second-order valence-corrected chi connectivity index (χ2v) is 4.98. The van der Waals surface area contributed by atoms with Crippen LogP contribution in [0.5, 0.6) is 5.75 Å². The summed E-state index contributed by atoms with van der Waals surface area (Å²) in [4.78, 5) is 2.33. The molecule has 2 nitrogen and oxygen atoms in total. The molecule has 0 bridgehead atoms. The number of hydrogen-bond acceptors (Lipinski definition) is 2. The molecule has 0 aromatic heterocycles. The van der Waals surface area contributed by atoms with Crippen LogP contribution in [0.2, 0.25) is 0 Å². The number of nitrogens with zero attached hydrogens (tertiary/aromatic N) is 1. The van der Waals surface area contributed by atoms with Gasteiger partial charge in [0.2, 0.25) is 0 Å². The molecule has 2 rings (SSSR count). The van der Waals surface area contributed by atoms with Crippen molar-refractivity contribution in [3.05, 3.63) is 42.5 Å². The van der Waals surface area contributed by atoms with Gasteiger partial charge >= 0.3 is 0 Å². The standard InChI is InChI=1S/C17H23NO/c1-3-4-12-18(2)13-14-19-17-11-7-9-15-8-5-6-10-16(15)17/h5-11H,3-4,12-14H2,1-2H3. The molecule has 2 heteroatoms. The summed E-state index contributed by atoms with van der Waals surface area (Å²) >= 11 is 0. The summed E-state index contributed by atoms with van der Waals surface area (Å²) in [5, 5.41) is 2.43. The number of likely N-dealkylation sites (N-methyl/N-ethyl adjacent to an activating group) is 1. The highest BCUT2D eigenvalue weighted by Crippen LogP contribution is 2.24. The van der Waals surface area contributed by atoms with E-state index >= 15 is 0 Å². The number of ether oxygens (including phenoxy) is 1. The van der Waals surface area contributed by atoms with Gasteiger partial charge in [0.25, 0.3) is 0 Å². The van der Waals surface area contributed by atoms with Crippen LogP contribution in [-0.4, -0.2) is 31.6 Å². The van der Waals surface area contributed by atoms with Crippen LogP contribution in [-0.2, 0) is 0 Å². The van der Waals surface area contributed by atoms with E-state index in [2.05, 4.69) is 55.3 Å². The Morgan fingerprint density at radius 1 is 1.00 bits per heavy atom. The minimum absolute atomic E-state index is 0.744. The predicted molar refractivity (Wildman–Crippen MR) is 81.8 cm³/mol. The van der Waals surface area contributed by atoms with Gasteiger partial charge in [-0.1, -0.05) is 49.7 Å². The fraction of sp³-hybridized carbons (Fsp3) is 0.412. The smallest absolute Gasteiger partial charge is 0.127 e. The molecule has 0 aliphatic carbocycles. The number of unbranched alkanes of at least 4 members (excludes halogenated alkanes) is 1. The van der Waals surface area contributed by atoms with Gasteiger partial charge in [0.05, 0.1) is 0 Å². The van der Waals surface area contributed by atoms with Crippen molar-refractivity contribution < 1.29 is 4.74 Å². The van der Waals surface area contributed by atoms with Gasteiger partial charge in [-0.05, 0) is 31.5 Å². The van der Waals surface area contributed by atoms with Crippen LogP contribution in [0.25, 0.3) is 10.8 Å². The number of fused-ring (bicyclic) bond motifs is 1. The Labute approximate surface area is 116 Å². The molecule has 0 spiro atoms. The third-order valence-corrected chi connectivity index (χ3v) is 3.37. The first-order chi connectivity index (χ1) is 9.31. The van der Waals surface area contributed by atoms with Crippen molar-refractivity contribution in [3.63, 3.8) is 0 Å². The highest BCUT2D eigenvalue weighted by atomic mass is 16.5. The van der Waals surface area contributed by atoms with E-state index in [1.165, 1.54) is 23.6 Å². The first-order valence-electron chi connectivity index (χ1n) is 7.10. The Kier molecular flexibility index (Phi) is 5.22. The summed E-state index contributed by atoms with van der Waals surface area (Å²) in [7, 11) is 2.15. The zero-order chi connectivity index (χ0) is 13.5. The fourth-order valence-electron chi connectivity index (χ4n) is 2.17. The number of benzene rings is 2. The number of hydrogen-bond donors (Lipinski definition) is 0. The molecule has 2 aromatic rings. The summed E-state index contributed by atoms with van der Waals surface area (Å²) in [5.41, 5.74) is 0. The molecule has 19 heavy (non-hydrogen) atoms. The van der Waals surface area contributed by atoms with Gasteiger partial charge in [0.15, 0.2) is 0 Å². The highest BCUT2D eigenvalue weighted by molar-refractivity contribution is 5.88. The summed E-state index contributed by atoms with van der Waals surface area (Å²) < 4.78 is 5.93. The van der Waals surface area contributed by atoms with E-state index < -0.39 is 0 Å². The molecule has 0 aliphatic rings. The Bertz CT molecular complexity index is 504. The van der Waals surface area contributed by atoms with Gasteiger partial charge in [-0.3, -0.25) is 0 Å². The largest absolute Gasteiger partial charge is 0.492 e. The SMILES string of the molecule is CCCCN(C)CCOc1cccc2ccccc12. The van der Waals surface area contributed by atoms with Crippen molar-refractivity contribution in [2.75, 3.05) is 26.7 Å². The van der Waals surface area contributed by atoms with Crippen LogP contribution >= 0.6 is 0 Å². The molecular weight excluding hydrogens is 234 g/mol. The molecule has 0 amide bonds. The lowest BCUT2D eigenvalue weighted by Gasteiger charge is -2.17. The Morgan fingerprint density at radius 3 is 2.63 bits per heavy atom. The molecule has 102 valence electrons. The lowest BCUT2D eigenvalue weighted by molar-refractivity contribution is 0.237. The van der Waals surface area contributed by atoms with E-state index in [1.807, 2.05) is 6.07 Å². The Hall–Kier alpha value is -1.54. The molecule has 0 unspecified atom stereocenters. The molecule has 0 fully saturated rings. The average molecular weight is 257 g/mol. The Balaban J connectivity index is 1.91. The van der Waals surface area contributed by atoms with E-state index in [4.69, 9.17) is 4.74 Å². The van der Waals surface area contributed by atoms with Crippen molar-refractivity contribution in [1.82, 2.24) is 4.90 Å². The van der Waals surface area contributed by atoms with Crippen molar-refractivity contribution in [2.45, 2.75) is 19.8 Å². The zero-order valence-electron chi connectivity index (χ0n) is 11.9. The summed E-state index contributed by atoms with van der Waals surface area (Å²) in [6, 6.07) is 14.6. The zero-order valence-corrected chi connectivity index (χ0v) is 11.9. The second-order valence-electron chi connectivity index (χ2n) is 4.98. The van der Waals surface area contributed by atoms with Crippen LogP contribution in [0.1, 0.15) is 19.8 Å². The molecule has 0 heterocycles. The van der Waals surface area contributed by atoms with Gasteiger partial charge in [0, 0.05) is 11.9 Å². The molecule has 0 N–H and O–H groups in total. The molecule has 2 aromatic carbocycles. The fourth-order valence-corrected chi connectivity index (χ4v) is 2.17. The van der Waals surface area contributed by atoms with Gasteiger partial charge in [-0.15, -0.1) is 0 Å². The van der Waals surface area contributed by atoms with E-state index in [-0.39, 0.29) is 0 Å². The minimum Gasteiger partial charge on any atom is -0.492 e. The van der Waals surface area contributed by atoms with Crippen molar-refractivity contribution in [1.29, 1.82) is 0 Å². The summed E-state index contributed by atoms with van der Waals surface area (Å²) in [6.07, 6.45) is 2.50. The number of rotatable bonds is 7. The van der Waals surface area contributed by atoms with Crippen LogP contribution in [0.15, 0.2) is 42.5 Å². The van der Waals surface area contributed by atoms with E-state index in [0.717, 1.165) is 25.4 Å².